The second kappa shape index (κ2) is 2.94. The maximum absolute atomic E-state index is 11.4. The first kappa shape index (κ1) is 9.44. The molecule has 1 aliphatic carbocycles. The van der Waals surface area contributed by atoms with E-state index in [9.17, 15) is 4.79 Å². The highest BCUT2D eigenvalue weighted by Gasteiger charge is 2.27. The minimum absolute atomic E-state index is 0.0215. The van der Waals surface area contributed by atoms with Gasteiger partial charge in [0.2, 0.25) is 0 Å². The van der Waals surface area contributed by atoms with E-state index >= 15 is 0 Å². The van der Waals surface area contributed by atoms with Crippen molar-refractivity contribution in [3.8, 4) is 0 Å². The molecular weight excluding hydrogens is 176 g/mol. The van der Waals surface area contributed by atoms with Crippen LogP contribution in [0.15, 0.2) is 10.9 Å². The Morgan fingerprint density at radius 3 is 2.57 bits per heavy atom. The lowest BCUT2D eigenvalue weighted by molar-refractivity contribution is 0.560. The average Bonchev–Trinajstić information content (AvgIpc) is 2.83. The van der Waals surface area contributed by atoms with Crippen molar-refractivity contribution in [2.24, 2.45) is 0 Å². The molecule has 2 rings (SSSR count). The number of hydrogen-bond acceptors (Lipinski definition) is 2. The SMILES string of the molecule is CC(C)(C)c1cc(=O)[nH]c(C2CC2)n1. The van der Waals surface area contributed by atoms with Crippen LogP contribution in [0.5, 0.6) is 0 Å². The molecule has 1 aromatic heterocycles. The van der Waals surface area contributed by atoms with Crippen LogP contribution in [0.4, 0.5) is 0 Å². The van der Waals surface area contributed by atoms with E-state index in [4.69, 9.17) is 0 Å². The van der Waals surface area contributed by atoms with Crippen molar-refractivity contribution < 1.29 is 0 Å². The van der Waals surface area contributed by atoms with Gasteiger partial charge in [0.05, 0.1) is 5.69 Å². The molecule has 1 aromatic rings. The maximum Gasteiger partial charge on any atom is 0.251 e. The zero-order valence-corrected chi connectivity index (χ0v) is 8.92. The van der Waals surface area contributed by atoms with Gasteiger partial charge in [-0.1, -0.05) is 20.8 Å². The quantitative estimate of drug-likeness (QED) is 0.739. The molecule has 3 heteroatoms. The molecular formula is C11H16N2O. The summed E-state index contributed by atoms with van der Waals surface area (Å²) < 4.78 is 0. The number of nitrogens with one attached hydrogen (secondary N) is 1. The van der Waals surface area contributed by atoms with E-state index in [1.807, 2.05) is 0 Å². The van der Waals surface area contributed by atoms with Crippen molar-refractivity contribution >= 4 is 0 Å². The van der Waals surface area contributed by atoms with Crippen LogP contribution in [-0.2, 0) is 5.41 Å². The Kier molecular flexibility index (Phi) is 1.98. The van der Waals surface area contributed by atoms with E-state index in [2.05, 4.69) is 30.7 Å². The standard InChI is InChI=1S/C11H16N2O/c1-11(2,3)8-6-9(14)13-10(12-8)7-4-5-7/h6-7H,4-5H2,1-3H3,(H,12,13,14). The van der Waals surface area contributed by atoms with Crippen molar-refractivity contribution in [1.82, 2.24) is 9.97 Å². The van der Waals surface area contributed by atoms with Crippen LogP contribution in [0.25, 0.3) is 0 Å². The van der Waals surface area contributed by atoms with E-state index in [0.29, 0.717) is 5.92 Å². The predicted molar refractivity (Wildman–Crippen MR) is 55.5 cm³/mol. The van der Waals surface area contributed by atoms with Crippen molar-refractivity contribution in [1.29, 1.82) is 0 Å². The number of nitrogens with zero attached hydrogens (tertiary/aromatic N) is 1. The number of hydrogen-bond donors (Lipinski definition) is 1. The Balaban J connectivity index is 2.46. The number of H-pyrrole nitrogens is 1. The van der Waals surface area contributed by atoms with Gasteiger partial charge in [0.1, 0.15) is 5.82 Å². The monoisotopic (exact) mass is 192 g/mol. The molecule has 1 N–H and O–H groups in total. The summed E-state index contributed by atoms with van der Waals surface area (Å²) in [5.41, 5.74) is 0.827. The van der Waals surface area contributed by atoms with Gasteiger partial charge >= 0.3 is 0 Å². The molecule has 0 spiro atoms. The summed E-state index contributed by atoms with van der Waals surface area (Å²) in [5, 5.41) is 0. The second-order valence-corrected chi connectivity index (χ2v) is 5.04. The van der Waals surface area contributed by atoms with E-state index in [-0.39, 0.29) is 11.0 Å². The van der Waals surface area contributed by atoms with Gasteiger partial charge < -0.3 is 4.98 Å². The molecule has 0 radical (unpaired) electrons. The summed E-state index contributed by atoms with van der Waals surface area (Å²) in [6.45, 7) is 6.22. The summed E-state index contributed by atoms with van der Waals surface area (Å²) >= 11 is 0. The molecule has 14 heavy (non-hydrogen) atoms. The third-order valence-electron chi connectivity index (χ3n) is 2.49. The molecule has 76 valence electrons. The highest BCUT2D eigenvalue weighted by molar-refractivity contribution is 5.15. The molecule has 3 nitrogen and oxygen atoms in total. The fraction of sp³-hybridized carbons (Fsp3) is 0.636. The molecule has 0 bridgehead atoms. The number of rotatable bonds is 1. The van der Waals surface area contributed by atoms with Crippen LogP contribution in [0.2, 0.25) is 0 Å². The van der Waals surface area contributed by atoms with Crippen LogP contribution in [-0.4, -0.2) is 9.97 Å². The molecule has 1 heterocycles. The van der Waals surface area contributed by atoms with Gasteiger partial charge in [0, 0.05) is 17.4 Å². The highest BCUT2D eigenvalue weighted by Crippen LogP contribution is 2.37. The molecule has 0 amide bonds. The summed E-state index contributed by atoms with van der Waals surface area (Å²) in [4.78, 5) is 18.7. The number of aromatic amines is 1. The smallest absolute Gasteiger partial charge is 0.251 e. The third-order valence-corrected chi connectivity index (χ3v) is 2.49. The first-order chi connectivity index (χ1) is 6.47. The summed E-state index contributed by atoms with van der Waals surface area (Å²) in [6, 6.07) is 1.60. The zero-order valence-electron chi connectivity index (χ0n) is 8.92. The van der Waals surface area contributed by atoms with E-state index < -0.39 is 0 Å². The van der Waals surface area contributed by atoms with Crippen LogP contribution in [0.3, 0.4) is 0 Å². The molecule has 1 aliphatic rings. The van der Waals surface area contributed by atoms with E-state index in [1.165, 1.54) is 0 Å². The second-order valence-electron chi connectivity index (χ2n) is 5.04. The maximum atomic E-state index is 11.4. The van der Waals surface area contributed by atoms with Gasteiger partial charge in [0.15, 0.2) is 0 Å². The lowest BCUT2D eigenvalue weighted by atomic mass is 9.92. The van der Waals surface area contributed by atoms with Crippen LogP contribution in [0, 0.1) is 0 Å². The Morgan fingerprint density at radius 2 is 2.07 bits per heavy atom. The van der Waals surface area contributed by atoms with Crippen LogP contribution < -0.4 is 5.56 Å². The average molecular weight is 192 g/mol. The van der Waals surface area contributed by atoms with E-state index in [0.717, 1.165) is 24.4 Å². The van der Waals surface area contributed by atoms with Crippen molar-refractivity contribution in [2.45, 2.75) is 44.9 Å². The largest absolute Gasteiger partial charge is 0.310 e. The van der Waals surface area contributed by atoms with Gasteiger partial charge in [-0.15, -0.1) is 0 Å². The Hall–Kier alpha value is -1.12. The molecule has 0 atom stereocenters. The molecule has 1 fully saturated rings. The Labute approximate surface area is 83.6 Å². The zero-order chi connectivity index (χ0) is 10.3. The fourth-order valence-electron chi connectivity index (χ4n) is 1.41. The Bertz CT molecular complexity index is 396. The van der Waals surface area contributed by atoms with Crippen molar-refractivity contribution in [2.75, 3.05) is 0 Å². The van der Waals surface area contributed by atoms with Crippen LogP contribution >= 0.6 is 0 Å². The number of aromatic nitrogens is 2. The summed E-state index contributed by atoms with van der Waals surface area (Å²) in [6.07, 6.45) is 2.33. The summed E-state index contributed by atoms with van der Waals surface area (Å²) in [5.74, 6) is 1.38. The summed E-state index contributed by atoms with van der Waals surface area (Å²) in [7, 11) is 0. The van der Waals surface area contributed by atoms with Gasteiger partial charge in [-0.25, -0.2) is 4.98 Å². The van der Waals surface area contributed by atoms with Gasteiger partial charge in [-0.3, -0.25) is 4.79 Å². The van der Waals surface area contributed by atoms with Gasteiger partial charge in [-0.2, -0.15) is 0 Å². The molecule has 0 aliphatic heterocycles. The minimum atomic E-state index is -0.0438. The molecule has 0 unspecified atom stereocenters. The first-order valence-corrected chi connectivity index (χ1v) is 5.08. The Morgan fingerprint density at radius 1 is 1.43 bits per heavy atom. The normalized spacial score (nSPS) is 17.1. The first-order valence-electron chi connectivity index (χ1n) is 5.08. The lowest BCUT2D eigenvalue weighted by Gasteiger charge is -2.17. The van der Waals surface area contributed by atoms with Crippen LogP contribution in [0.1, 0.15) is 51.0 Å². The molecule has 0 saturated heterocycles. The van der Waals surface area contributed by atoms with Crippen molar-refractivity contribution in [3.05, 3.63) is 27.9 Å². The molecule has 1 saturated carbocycles. The van der Waals surface area contributed by atoms with Gasteiger partial charge in [-0.05, 0) is 12.8 Å². The van der Waals surface area contributed by atoms with E-state index in [1.54, 1.807) is 6.07 Å². The van der Waals surface area contributed by atoms with Gasteiger partial charge in [0.25, 0.3) is 5.56 Å². The topological polar surface area (TPSA) is 45.8 Å². The predicted octanol–water partition coefficient (Wildman–Crippen LogP) is 1.94. The third kappa shape index (κ3) is 1.86. The minimum Gasteiger partial charge on any atom is -0.310 e. The highest BCUT2D eigenvalue weighted by atomic mass is 16.1. The fourth-order valence-corrected chi connectivity index (χ4v) is 1.41. The molecule has 0 aromatic carbocycles. The van der Waals surface area contributed by atoms with Crippen molar-refractivity contribution in [3.63, 3.8) is 0 Å². The lowest BCUT2D eigenvalue weighted by Crippen LogP contribution is -2.20.